The number of nitrogens with one attached hydrogen (secondary N) is 1. The minimum Gasteiger partial charge on any atom is -0.445 e. The van der Waals surface area contributed by atoms with Crippen LogP contribution in [0.5, 0.6) is 0 Å². The summed E-state index contributed by atoms with van der Waals surface area (Å²) in [5.74, 6) is -0.128. The quantitative estimate of drug-likeness (QED) is 0.641. The number of fused-ring (bicyclic) bond motifs is 2. The first-order valence-electron chi connectivity index (χ1n) is 12.6. The molecule has 3 aliphatic rings. The van der Waals surface area contributed by atoms with Crippen LogP contribution in [-0.4, -0.2) is 70.7 Å². The van der Waals surface area contributed by atoms with Crippen molar-refractivity contribution in [2.45, 2.75) is 57.0 Å². The number of amides is 4. The summed E-state index contributed by atoms with van der Waals surface area (Å²) in [4.78, 5) is 47.6. The lowest BCUT2D eigenvalue weighted by atomic mass is 9.99. The van der Waals surface area contributed by atoms with Gasteiger partial charge in [-0.2, -0.15) is 5.06 Å². The molecular formula is C27H32N4O5. The summed E-state index contributed by atoms with van der Waals surface area (Å²) in [5, 5.41) is 4.56. The number of benzene rings is 2. The first-order valence-corrected chi connectivity index (χ1v) is 12.6. The Morgan fingerprint density at radius 1 is 0.861 bits per heavy atom. The summed E-state index contributed by atoms with van der Waals surface area (Å²) in [7, 11) is 0. The fourth-order valence-electron chi connectivity index (χ4n) is 5.10. The second kappa shape index (κ2) is 11.0. The summed E-state index contributed by atoms with van der Waals surface area (Å²) in [6.45, 7) is 2.11. The number of hydroxylamine groups is 2. The molecule has 3 saturated heterocycles. The molecular weight excluding hydrogens is 460 g/mol. The van der Waals surface area contributed by atoms with Crippen molar-refractivity contribution in [3.63, 3.8) is 0 Å². The van der Waals surface area contributed by atoms with Gasteiger partial charge in [-0.05, 0) is 36.8 Å². The van der Waals surface area contributed by atoms with Gasteiger partial charge in [0.15, 0.2) is 0 Å². The Hall–Kier alpha value is -3.59. The van der Waals surface area contributed by atoms with Gasteiger partial charge in [0, 0.05) is 25.7 Å². The third-order valence-corrected chi connectivity index (χ3v) is 7.14. The molecule has 3 heterocycles. The number of piperidine rings is 2. The van der Waals surface area contributed by atoms with E-state index in [-0.39, 0.29) is 36.7 Å². The SMILES string of the molecule is O=C(NC1CCN(C(=O)OCc2ccccc2)CC1)[C@@H]1CCC2CN1C(=O)N2OCc1ccccc1. The number of nitrogens with zero attached hydrogens (tertiary/aromatic N) is 3. The molecule has 36 heavy (non-hydrogen) atoms. The molecule has 0 aliphatic carbocycles. The maximum absolute atomic E-state index is 13.1. The monoisotopic (exact) mass is 492 g/mol. The van der Waals surface area contributed by atoms with Gasteiger partial charge >= 0.3 is 12.1 Å². The second-order valence-corrected chi connectivity index (χ2v) is 9.58. The topological polar surface area (TPSA) is 91.4 Å². The van der Waals surface area contributed by atoms with E-state index in [1.165, 1.54) is 5.06 Å². The predicted octanol–water partition coefficient (Wildman–Crippen LogP) is 3.30. The predicted molar refractivity (Wildman–Crippen MR) is 131 cm³/mol. The average Bonchev–Trinajstić information content (AvgIpc) is 3.16. The van der Waals surface area contributed by atoms with Gasteiger partial charge in [-0.1, -0.05) is 60.7 Å². The molecule has 1 unspecified atom stereocenters. The molecule has 9 heteroatoms. The zero-order valence-electron chi connectivity index (χ0n) is 20.3. The van der Waals surface area contributed by atoms with Crippen LogP contribution in [0.3, 0.4) is 0 Å². The van der Waals surface area contributed by atoms with Gasteiger partial charge in [0.2, 0.25) is 5.91 Å². The highest BCUT2D eigenvalue weighted by Gasteiger charge is 2.48. The van der Waals surface area contributed by atoms with E-state index in [0.717, 1.165) is 17.5 Å². The van der Waals surface area contributed by atoms with E-state index in [9.17, 15) is 14.4 Å². The van der Waals surface area contributed by atoms with Crippen molar-refractivity contribution < 1.29 is 24.0 Å². The third-order valence-electron chi connectivity index (χ3n) is 7.14. The molecule has 3 fully saturated rings. The minimum atomic E-state index is -0.493. The highest BCUT2D eigenvalue weighted by molar-refractivity contribution is 5.88. The summed E-state index contributed by atoms with van der Waals surface area (Å²) in [5.41, 5.74) is 1.94. The van der Waals surface area contributed by atoms with Gasteiger partial charge in [0.25, 0.3) is 0 Å². The molecule has 1 N–H and O–H groups in total. The van der Waals surface area contributed by atoms with Crippen LogP contribution in [-0.2, 0) is 27.6 Å². The van der Waals surface area contributed by atoms with Gasteiger partial charge < -0.3 is 19.9 Å². The maximum atomic E-state index is 13.1. The van der Waals surface area contributed by atoms with Gasteiger partial charge in [-0.3, -0.25) is 9.63 Å². The molecule has 5 rings (SSSR count). The molecule has 3 aliphatic heterocycles. The van der Waals surface area contributed by atoms with Crippen molar-refractivity contribution in [2.24, 2.45) is 0 Å². The Bertz CT molecular complexity index is 1060. The zero-order valence-corrected chi connectivity index (χ0v) is 20.3. The van der Waals surface area contributed by atoms with Crippen molar-refractivity contribution in [2.75, 3.05) is 19.6 Å². The number of ether oxygens (including phenoxy) is 1. The molecule has 2 aromatic rings. The van der Waals surface area contributed by atoms with Crippen LogP contribution in [0.15, 0.2) is 60.7 Å². The fraction of sp³-hybridized carbons (Fsp3) is 0.444. The lowest BCUT2D eigenvalue weighted by molar-refractivity contribution is -0.140. The van der Waals surface area contributed by atoms with Crippen molar-refractivity contribution >= 4 is 18.0 Å². The Labute approximate surface area is 210 Å². The standard InChI is InChI=1S/C27H32N4O5/c32-25(28-22-13-15-29(16-14-22)27(34)35-18-20-7-3-1-4-8-20)24-12-11-23-17-30(24)26(33)31(23)36-19-21-9-5-2-6-10-21/h1-10,22-24H,11-19H2,(H,28,32)/t23?,24-/m0/s1. The van der Waals surface area contributed by atoms with Crippen LogP contribution < -0.4 is 5.32 Å². The van der Waals surface area contributed by atoms with E-state index in [4.69, 9.17) is 9.57 Å². The van der Waals surface area contributed by atoms with Crippen molar-refractivity contribution in [1.82, 2.24) is 20.2 Å². The Balaban J connectivity index is 1.07. The maximum Gasteiger partial charge on any atom is 0.410 e. The van der Waals surface area contributed by atoms with Crippen molar-refractivity contribution in [3.8, 4) is 0 Å². The van der Waals surface area contributed by atoms with Crippen molar-refractivity contribution in [1.29, 1.82) is 0 Å². The molecule has 4 amide bonds. The first kappa shape index (κ1) is 24.1. The third kappa shape index (κ3) is 5.46. The molecule has 0 radical (unpaired) electrons. The highest BCUT2D eigenvalue weighted by Crippen LogP contribution is 2.31. The lowest BCUT2D eigenvalue weighted by Gasteiger charge is -2.34. The number of hydrogen-bond donors (Lipinski definition) is 1. The number of urea groups is 1. The molecule has 9 nitrogen and oxygen atoms in total. The van der Waals surface area contributed by atoms with Crippen LogP contribution >= 0.6 is 0 Å². The number of likely N-dealkylation sites (tertiary alicyclic amines) is 1. The first-order chi connectivity index (χ1) is 17.6. The van der Waals surface area contributed by atoms with Crippen LogP contribution in [0.2, 0.25) is 0 Å². The molecule has 0 saturated carbocycles. The molecule has 0 aromatic heterocycles. The summed E-state index contributed by atoms with van der Waals surface area (Å²) in [6, 6.07) is 18.5. The normalized spacial score (nSPS) is 22.0. The van der Waals surface area contributed by atoms with E-state index in [2.05, 4.69) is 5.32 Å². The van der Waals surface area contributed by atoms with Gasteiger partial charge in [-0.25, -0.2) is 9.59 Å². The van der Waals surface area contributed by atoms with E-state index in [0.29, 0.717) is 45.5 Å². The fourth-order valence-corrected chi connectivity index (χ4v) is 5.10. The van der Waals surface area contributed by atoms with E-state index in [1.54, 1.807) is 9.80 Å². The minimum absolute atomic E-state index is 0.0310. The number of carbonyl (C=O) groups excluding carboxylic acids is 3. The smallest absolute Gasteiger partial charge is 0.410 e. The van der Waals surface area contributed by atoms with Crippen LogP contribution in [0, 0.1) is 0 Å². The summed E-state index contributed by atoms with van der Waals surface area (Å²) >= 11 is 0. The van der Waals surface area contributed by atoms with Gasteiger partial charge in [0.05, 0.1) is 6.04 Å². The molecule has 0 spiro atoms. The molecule has 2 aromatic carbocycles. The second-order valence-electron chi connectivity index (χ2n) is 9.58. The van der Waals surface area contributed by atoms with E-state index >= 15 is 0 Å². The van der Waals surface area contributed by atoms with E-state index < -0.39 is 6.04 Å². The van der Waals surface area contributed by atoms with Crippen molar-refractivity contribution in [3.05, 3.63) is 71.8 Å². The summed E-state index contributed by atoms with van der Waals surface area (Å²) < 4.78 is 5.42. The Morgan fingerprint density at radius 3 is 2.17 bits per heavy atom. The largest absolute Gasteiger partial charge is 0.445 e. The van der Waals surface area contributed by atoms with Crippen LogP contribution in [0.4, 0.5) is 9.59 Å². The number of hydrogen-bond acceptors (Lipinski definition) is 5. The molecule has 190 valence electrons. The zero-order chi connectivity index (χ0) is 24.9. The Morgan fingerprint density at radius 2 is 1.50 bits per heavy atom. The Kier molecular flexibility index (Phi) is 7.36. The van der Waals surface area contributed by atoms with E-state index in [1.807, 2.05) is 60.7 Å². The highest BCUT2D eigenvalue weighted by atomic mass is 16.7. The van der Waals surface area contributed by atoms with Gasteiger partial charge in [-0.15, -0.1) is 0 Å². The lowest BCUT2D eigenvalue weighted by Crippen LogP contribution is -2.54. The summed E-state index contributed by atoms with van der Waals surface area (Å²) in [6.07, 6.45) is 2.31. The molecule has 2 bridgehead atoms. The average molecular weight is 493 g/mol. The number of carbonyl (C=O) groups is 3. The van der Waals surface area contributed by atoms with Crippen LogP contribution in [0.1, 0.15) is 36.8 Å². The molecule has 2 atom stereocenters. The van der Waals surface area contributed by atoms with Gasteiger partial charge in [0.1, 0.15) is 19.3 Å². The number of rotatable bonds is 7. The van der Waals surface area contributed by atoms with Crippen LogP contribution in [0.25, 0.3) is 0 Å².